The molecule has 0 saturated carbocycles. The number of benzene rings is 2. The highest BCUT2D eigenvalue weighted by atomic mass is 32.2. The van der Waals surface area contributed by atoms with Crippen molar-refractivity contribution in [1.82, 2.24) is 14.1 Å². The van der Waals surface area contributed by atoms with Gasteiger partial charge >= 0.3 is 5.97 Å². The van der Waals surface area contributed by atoms with Crippen molar-refractivity contribution in [3.63, 3.8) is 0 Å². The Labute approximate surface area is 223 Å². The van der Waals surface area contributed by atoms with Crippen LogP contribution in [0, 0.1) is 13.8 Å². The largest absolute Gasteiger partial charge is 0.462 e. The van der Waals surface area contributed by atoms with E-state index in [0.29, 0.717) is 25.3 Å². The standard InChI is InChI=1S/C27H33N5O5S/c1-5-31-18-23(25(33)28-22-11-8-10-21(17-22)27(34)37-6-2)26(29-31)38(35,36)32-15-13-30(14-16-32)24-12-7-9-19(3)20(24)4/h7-12,17-18H,5-6,13-16H2,1-4H3,(H,28,33). The van der Waals surface area contributed by atoms with Gasteiger partial charge in [0.1, 0.15) is 0 Å². The normalized spacial score (nSPS) is 14.4. The van der Waals surface area contributed by atoms with E-state index >= 15 is 0 Å². The third kappa shape index (κ3) is 5.58. The Bertz CT molecular complexity index is 1440. The molecule has 1 saturated heterocycles. The number of aromatic nitrogens is 2. The fourth-order valence-electron chi connectivity index (χ4n) is 4.42. The van der Waals surface area contributed by atoms with E-state index in [1.54, 1.807) is 25.1 Å². The van der Waals surface area contributed by atoms with Crippen LogP contribution in [0.3, 0.4) is 0 Å². The number of carbonyl (C=O) groups excluding carboxylic acids is 2. The van der Waals surface area contributed by atoms with E-state index < -0.39 is 21.9 Å². The van der Waals surface area contributed by atoms with E-state index in [1.807, 2.05) is 13.0 Å². The van der Waals surface area contributed by atoms with Gasteiger partial charge in [-0.25, -0.2) is 13.2 Å². The highest BCUT2D eigenvalue weighted by molar-refractivity contribution is 7.89. The molecular formula is C27H33N5O5S. The van der Waals surface area contributed by atoms with Gasteiger partial charge in [0, 0.05) is 50.3 Å². The second-order valence-corrected chi connectivity index (χ2v) is 10.9. The van der Waals surface area contributed by atoms with Crippen LogP contribution in [0.25, 0.3) is 0 Å². The Hall–Kier alpha value is -3.70. The van der Waals surface area contributed by atoms with Crippen LogP contribution in [0.4, 0.5) is 11.4 Å². The average molecular weight is 540 g/mol. The molecule has 0 aliphatic carbocycles. The first-order chi connectivity index (χ1) is 18.1. The van der Waals surface area contributed by atoms with Gasteiger partial charge in [0.25, 0.3) is 15.9 Å². The summed E-state index contributed by atoms with van der Waals surface area (Å²) in [7, 11) is -4.03. The number of carbonyl (C=O) groups is 2. The molecule has 0 atom stereocenters. The lowest BCUT2D eigenvalue weighted by atomic mass is 10.1. The summed E-state index contributed by atoms with van der Waals surface area (Å²) in [6.07, 6.45) is 1.43. The number of hydrogen-bond acceptors (Lipinski definition) is 7. The van der Waals surface area contributed by atoms with Gasteiger partial charge < -0.3 is 15.0 Å². The summed E-state index contributed by atoms with van der Waals surface area (Å²) in [6, 6.07) is 12.4. The smallest absolute Gasteiger partial charge is 0.338 e. The second-order valence-electron chi connectivity index (χ2n) is 9.07. The number of anilines is 2. The predicted molar refractivity (Wildman–Crippen MR) is 145 cm³/mol. The number of hydrogen-bond donors (Lipinski definition) is 1. The van der Waals surface area contributed by atoms with Crippen LogP contribution in [0.5, 0.6) is 0 Å². The first-order valence-corrected chi connectivity index (χ1v) is 14.1. The molecule has 2 aromatic carbocycles. The summed E-state index contributed by atoms with van der Waals surface area (Å²) >= 11 is 0. The highest BCUT2D eigenvalue weighted by Crippen LogP contribution is 2.27. The number of piperazine rings is 1. The van der Waals surface area contributed by atoms with E-state index in [1.165, 1.54) is 32.4 Å². The summed E-state index contributed by atoms with van der Waals surface area (Å²) in [5.41, 5.74) is 4.04. The predicted octanol–water partition coefficient (Wildman–Crippen LogP) is 3.46. The molecule has 11 heteroatoms. The molecule has 1 aromatic heterocycles. The van der Waals surface area contributed by atoms with E-state index in [9.17, 15) is 18.0 Å². The molecule has 38 heavy (non-hydrogen) atoms. The fourth-order valence-corrected chi connectivity index (χ4v) is 5.94. The van der Waals surface area contributed by atoms with Crippen molar-refractivity contribution in [2.24, 2.45) is 0 Å². The number of ether oxygens (including phenoxy) is 1. The summed E-state index contributed by atoms with van der Waals surface area (Å²) in [6.45, 7) is 9.88. The summed E-state index contributed by atoms with van der Waals surface area (Å²) in [5.74, 6) is -1.14. The number of sulfonamides is 1. The van der Waals surface area contributed by atoms with Crippen molar-refractivity contribution >= 4 is 33.3 Å². The van der Waals surface area contributed by atoms with Crippen molar-refractivity contribution in [2.75, 3.05) is 43.0 Å². The lowest BCUT2D eigenvalue weighted by Gasteiger charge is -2.36. The number of nitrogens with zero attached hydrogens (tertiary/aromatic N) is 4. The fraction of sp³-hybridized carbons (Fsp3) is 0.370. The van der Waals surface area contributed by atoms with Crippen LogP contribution >= 0.6 is 0 Å². The van der Waals surface area contributed by atoms with Crippen molar-refractivity contribution in [3.8, 4) is 0 Å². The molecule has 3 aromatic rings. The molecule has 2 heterocycles. The SMILES string of the molecule is CCOC(=O)c1cccc(NC(=O)c2cn(CC)nc2S(=O)(=O)N2CCN(c3cccc(C)c3C)CC2)c1. The second kappa shape index (κ2) is 11.4. The minimum atomic E-state index is -4.03. The molecule has 4 rings (SSSR count). The van der Waals surface area contributed by atoms with Crippen LogP contribution in [-0.2, 0) is 21.3 Å². The molecule has 10 nitrogen and oxygen atoms in total. The van der Waals surface area contributed by atoms with Gasteiger partial charge in [-0.1, -0.05) is 18.2 Å². The molecule has 0 bridgehead atoms. The van der Waals surface area contributed by atoms with Crippen molar-refractivity contribution in [2.45, 2.75) is 39.3 Å². The average Bonchev–Trinajstić information content (AvgIpc) is 3.37. The Morgan fingerprint density at radius 3 is 2.42 bits per heavy atom. The summed E-state index contributed by atoms with van der Waals surface area (Å²) in [4.78, 5) is 27.5. The third-order valence-electron chi connectivity index (χ3n) is 6.67. The van der Waals surface area contributed by atoms with Crippen LogP contribution in [0.15, 0.2) is 53.7 Å². The van der Waals surface area contributed by atoms with E-state index in [4.69, 9.17) is 4.74 Å². The topological polar surface area (TPSA) is 114 Å². The monoisotopic (exact) mass is 539 g/mol. The van der Waals surface area contributed by atoms with E-state index in [2.05, 4.69) is 41.3 Å². The van der Waals surface area contributed by atoms with E-state index in [0.717, 1.165) is 5.69 Å². The summed E-state index contributed by atoms with van der Waals surface area (Å²) < 4.78 is 35.2. The van der Waals surface area contributed by atoms with Crippen LogP contribution in [0.1, 0.15) is 45.7 Å². The minimum Gasteiger partial charge on any atom is -0.462 e. The van der Waals surface area contributed by atoms with Crippen molar-refractivity contribution < 1.29 is 22.7 Å². The number of nitrogens with one attached hydrogen (secondary N) is 1. The molecular weight excluding hydrogens is 506 g/mol. The Morgan fingerprint density at radius 1 is 1.03 bits per heavy atom. The number of amides is 1. The maximum atomic E-state index is 13.7. The Kier molecular flexibility index (Phi) is 8.17. The summed E-state index contributed by atoms with van der Waals surface area (Å²) in [5, 5.41) is 6.67. The molecule has 1 N–H and O–H groups in total. The Balaban J connectivity index is 1.54. The zero-order valence-electron chi connectivity index (χ0n) is 22.1. The van der Waals surface area contributed by atoms with Gasteiger partial charge in [-0.2, -0.15) is 9.40 Å². The first-order valence-electron chi connectivity index (χ1n) is 12.6. The highest BCUT2D eigenvalue weighted by Gasteiger charge is 2.35. The van der Waals surface area contributed by atoms with Gasteiger partial charge in [0.2, 0.25) is 5.03 Å². The van der Waals surface area contributed by atoms with Gasteiger partial charge in [-0.15, -0.1) is 0 Å². The molecule has 0 radical (unpaired) electrons. The molecule has 1 fully saturated rings. The molecule has 1 aliphatic heterocycles. The van der Waals surface area contributed by atoms with Crippen LogP contribution in [-0.4, -0.2) is 67.2 Å². The maximum Gasteiger partial charge on any atom is 0.338 e. The molecule has 1 aliphatic rings. The van der Waals surface area contributed by atoms with Gasteiger partial charge in [0.15, 0.2) is 0 Å². The van der Waals surface area contributed by atoms with Crippen LogP contribution < -0.4 is 10.2 Å². The number of rotatable bonds is 8. The zero-order chi connectivity index (χ0) is 27.4. The first kappa shape index (κ1) is 27.3. The van der Waals surface area contributed by atoms with Gasteiger partial charge in [-0.3, -0.25) is 9.48 Å². The quantitative estimate of drug-likeness (QED) is 0.436. The lowest BCUT2D eigenvalue weighted by Crippen LogP contribution is -2.49. The lowest BCUT2D eigenvalue weighted by molar-refractivity contribution is 0.0526. The molecule has 0 spiro atoms. The maximum absolute atomic E-state index is 13.7. The third-order valence-corrected chi connectivity index (χ3v) is 8.50. The van der Waals surface area contributed by atoms with Crippen molar-refractivity contribution in [3.05, 3.63) is 70.9 Å². The van der Waals surface area contributed by atoms with Gasteiger partial charge in [-0.05, 0) is 63.1 Å². The van der Waals surface area contributed by atoms with E-state index in [-0.39, 0.29) is 35.8 Å². The zero-order valence-corrected chi connectivity index (χ0v) is 22.9. The van der Waals surface area contributed by atoms with Crippen LogP contribution in [0.2, 0.25) is 0 Å². The molecule has 202 valence electrons. The van der Waals surface area contributed by atoms with Crippen molar-refractivity contribution in [1.29, 1.82) is 0 Å². The Morgan fingerprint density at radius 2 is 1.74 bits per heavy atom. The molecule has 1 amide bonds. The minimum absolute atomic E-state index is 0.0506. The number of aryl methyl sites for hydroxylation is 2. The molecule has 0 unspecified atom stereocenters. The van der Waals surface area contributed by atoms with Gasteiger partial charge in [0.05, 0.1) is 17.7 Å². The number of esters is 1.